The number of ketones is 2. The van der Waals surface area contributed by atoms with Crippen molar-refractivity contribution in [3.63, 3.8) is 0 Å². The van der Waals surface area contributed by atoms with Crippen LogP contribution in [0.5, 0.6) is 0 Å². The molecule has 0 saturated carbocycles. The Labute approximate surface area is 162 Å². The SMILES string of the molecule is Cc1ccc(CCc2ccc(N=C=O)c3c2C(=O)c2ccccc2C3=O)cc1. The fourth-order valence-corrected chi connectivity index (χ4v) is 3.66. The van der Waals surface area contributed by atoms with Gasteiger partial charge in [-0.05, 0) is 37.0 Å². The Balaban J connectivity index is 1.81. The van der Waals surface area contributed by atoms with Gasteiger partial charge in [0, 0.05) is 16.7 Å². The van der Waals surface area contributed by atoms with Crippen LogP contribution in [0, 0.1) is 6.92 Å². The van der Waals surface area contributed by atoms with E-state index in [-0.39, 0.29) is 22.8 Å². The summed E-state index contributed by atoms with van der Waals surface area (Å²) in [4.78, 5) is 40.8. The number of rotatable bonds is 4. The van der Waals surface area contributed by atoms with Crippen LogP contribution in [-0.2, 0) is 17.6 Å². The summed E-state index contributed by atoms with van der Waals surface area (Å²) in [5, 5.41) is 0. The zero-order valence-corrected chi connectivity index (χ0v) is 15.4. The Hall–Kier alpha value is -3.62. The molecule has 0 spiro atoms. The Kier molecular flexibility index (Phi) is 4.56. The van der Waals surface area contributed by atoms with Crippen LogP contribution in [0.4, 0.5) is 5.69 Å². The molecule has 0 amide bonds. The highest BCUT2D eigenvalue weighted by atomic mass is 16.1. The number of fused-ring (bicyclic) bond motifs is 2. The van der Waals surface area contributed by atoms with Crippen LogP contribution in [0.2, 0.25) is 0 Å². The first-order valence-corrected chi connectivity index (χ1v) is 9.08. The van der Waals surface area contributed by atoms with Gasteiger partial charge >= 0.3 is 0 Å². The number of nitrogens with zero attached hydrogens (tertiary/aromatic N) is 1. The number of carbonyl (C=O) groups excluding carboxylic acids is 3. The van der Waals surface area contributed by atoms with Crippen LogP contribution < -0.4 is 0 Å². The maximum Gasteiger partial charge on any atom is 0.240 e. The van der Waals surface area contributed by atoms with E-state index in [0.717, 1.165) is 17.5 Å². The van der Waals surface area contributed by atoms with Gasteiger partial charge in [-0.15, -0.1) is 0 Å². The summed E-state index contributed by atoms with van der Waals surface area (Å²) in [7, 11) is 0. The van der Waals surface area contributed by atoms with Crippen LogP contribution in [0.15, 0.2) is 65.7 Å². The first-order valence-electron chi connectivity index (χ1n) is 9.08. The predicted octanol–water partition coefficient (Wildman–Crippen LogP) is 4.52. The van der Waals surface area contributed by atoms with E-state index >= 15 is 0 Å². The second kappa shape index (κ2) is 7.18. The molecule has 0 fully saturated rings. The molecular weight excluding hydrogens is 350 g/mol. The van der Waals surface area contributed by atoms with Gasteiger partial charge in [0.25, 0.3) is 0 Å². The number of carbonyl (C=O) groups is 2. The number of hydrogen-bond donors (Lipinski definition) is 0. The van der Waals surface area contributed by atoms with Crippen LogP contribution in [0.25, 0.3) is 0 Å². The molecule has 3 aromatic carbocycles. The Bertz CT molecular complexity index is 1150. The van der Waals surface area contributed by atoms with E-state index < -0.39 is 0 Å². The van der Waals surface area contributed by atoms with Crippen molar-refractivity contribution >= 4 is 23.3 Å². The number of aryl methyl sites for hydroxylation is 3. The molecule has 3 aromatic rings. The van der Waals surface area contributed by atoms with Crippen molar-refractivity contribution in [2.24, 2.45) is 4.99 Å². The lowest BCUT2D eigenvalue weighted by Crippen LogP contribution is -2.23. The van der Waals surface area contributed by atoms with E-state index in [0.29, 0.717) is 23.1 Å². The first-order chi connectivity index (χ1) is 13.6. The van der Waals surface area contributed by atoms with Gasteiger partial charge in [-0.1, -0.05) is 60.2 Å². The average molecular weight is 367 g/mol. The number of isocyanates is 1. The summed E-state index contributed by atoms with van der Waals surface area (Å²) in [6.45, 7) is 2.04. The van der Waals surface area contributed by atoms with Gasteiger partial charge in [-0.25, -0.2) is 4.79 Å². The van der Waals surface area contributed by atoms with Crippen molar-refractivity contribution in [3.8, 4) is 0 Å². The minimum Gasteiger partial charge on any atom is -0.289 e. The molecule has 0 saturated heterocycles. The van der Waals surface area contributed by atoms with Crippen LogP contribution in [-0.4, -0.2) is 17.6 Å². The van der Waals surface area contributed by atoms with E-state index in [2.05, 4.69) is 29.3 Å². The molecule has 0 radical (unpaired) electrons. The van der Waals surface area contributed by atoms with E-state index in [1.54, 1.807) is 36.4 Å². The summed E-state index contributed by atoms with van der Waals surface area (Å²) in [6, 6.07) is 18.4. The quantitative estimate of drug-likeness (QED) is 0.393. The smallest absolute Gasteiger partial charge is 0.240 e. The third-order valence-electron chi connectivity index (χ3n) is 5.11. The molecule has 1 aliphatic rings. The molecule has 4 nitrogen and oxygen atoms in total. The summed E-state index contributed by atoms with van der Waals surface area (Å²) < 4.78 is 0. The summed E-state index contributed by atoms with van der Waals surface area (Å²) in [5.74, 6) is -0.483. The van der Waals surface area contributed by atoms with E-state index in [1.807, 2.05) is 6.92 Å². The van der Waals surface area contributed by atoms with Gasteiger partial charge in [0.05, 0.1) is 11.3 Å². The second-order valence-corrected chi connectivity index (χ2v) is 6.89. The molecule has 0 unspecified atom stereocenters. The molecule has 0 heterocycles. The maximum atomic E-state index is 13.2. The number of aliphatic imine (C=N–C) groups is 1. The molecule has 0 N–H and O–H groups in total. The lowest BCUT2D eigenvalue weighted by molar-refractivity contribution is 0.0979. The Morgan fingerprint density at radius 1 is 0.786 bits per heavy atom. The highest BCUT2D eigenvalue weighted by molar-refractivity contribution is 6.30. The molecule has 1 aliphatic carbocycles. The molecule has 4 heteroatoms. The highest BCUT2D eigenvalue weighted by Gasteiger charge is 2.33. The van der Waals surface area contributed by atoms with Crippen LogP contribution >= 0.6 is 0 Å². The minimum atomic E-state index is -0.281. The molecule has 0 aliphatic heterocycles. The molecule has 28 heavy (non-hydrogen) atoms. The lowest BCUT2D eigenvalue weighted by Gasteiger charge is -2.21. The fraction of sp³-hybridized carbons (Fsp3) is 0.125. The monoisotopic (exact) mass is 367 g/mol. The third kappa shape index (κ3) is 3.00. The van der Waals surface area contributed by atoms with Gasteiger partial charge in [-0.3, -0.25) is 9.59 Å². The van der Waals surface area contributed by atoms with E-state index in [9.17, 15) is 14.4 Å². The number of hydrogen-bond acceptors (Lipinski definition) is 4. The third-order valence-corrected chi connectivity index (χ3v) is 5.11. The topological polar surface area (TPSA) is 63.6 Å². The van der Waals surface area contributed by atoms with Crippen LogP contribution in [0.1, 0.15) is 48.5 Å². The van der Waals surface area contributed by atoms with E-state index in [1.165, 1.54) is 11.6 Å². The Morgan fingerprint density at radius 2 is 1.43 bits per heavy atom. The van der Waals surface area contributed by atoms with Crippen molar-refractivity contribution in [1.82, 2.24) is 0 Å². The standard InChI is InChI=1S/C24H17NO3/c1-15-6-8-16(9-7-15)10-11-17-12-13-20(25-14-26)22-21(17)23(27)18-4-2-3-5-19(18)24(22)28/h2-9,12-13H,10-11H2,1H3. The largest absolute Gasteiger partial charge is 0.289 e. The normalized spacial score (nSPS) is 12.2. The highest BCUT2D eigenvalue weighted by Crippen LogP contribution is 2.35. The lowest BCUT2D eigenvalue weighted by atomic mass is 9.80. The van der Waals surface area contributed by atoms with Gasteiger partial charge in [0.2, 0.25) is 6.08 Å². The van der Waals surface area contributed by atoms with Gasteiger partial charge in [-0.2, -0.15) is 4.99 Å². The zero-order chi connectivity index (χ0) is 19.7. The van der Waals surface area contributed by atoms with Crippen molar-refractivity contribution in [3.05, 3.63) is 99.6 Å². The fourth-order valence-electron chi connectivity index (χ4n) is 3.66. The summed E-state index contributed by atoms with van der Waals surface area (Å²) >= 11 is 0. The maximum absolute atomic E-state index is 13.2. The van der Waals surface area contributed by atoms with Crippen molar-refractivity contribution in [2.45, 2.75) is 19.8 Å². The van der Waals surface area contributed by atoms with Gasteiger partial charge in [0.1, 0.15) is 0 Å². The molecule has 0 bridgehead atoms. The van der Waals surface area contributed by atoms with Crippen molar-refractivity contribution in [2.75, 3.05) is 0 Å². The number of benzene rings is 3. The molecule has 136 valence electrons. The van der Waals surface area contributed by atoms with Crippen molar-refractivity contribution < 1.29 is 14.4 Å². The molecule has 0 atom stereocenters. The average Bonchev–Trinajstić information content (AvgIpc) is 2.72. The second-order valence-electron chi connectivity index (χ2n) is 6.89. The van der Waals surface area contributed by atoms with Gasteiger partial charge in [0.15, 0.2) is 11.6 Å². The van der Waals surface area contributed by atoms with Crippen molar-refractivity contribution in [1.29, 1.82) is 0 Å². The predicted molar refractivity (Wildman–Crippen MR) is 106 cm³/mol. The van der Waals surface area contributed by atoms with Crippen LogP contribution in [0.3, 0.4) is 0 Å². The first kappa shape index (κ1) is 17.8. The minimum absolute atomic E-state index is 0.192. The summed E-state index contributed by atoms with van der Waals surface area (Å²) in [5.41, 5.74) is 4.62. The zero-order valence-electron chi connectivity index (χ0n) is 15.4. The summed E-state index contributed by atoms with van der Waals surface area (Å²) in [6.07, 6.45) is 2.84. The molecule has 4 rings (SSSR count). The Morgan fingerprint density at radius 3 is 2.07 bits per heavy atom. The van der Waals surface area contributed by atoms with Gasteiger partial charge < -0.3 is 0 Å². The van der Waals surface area contributed by atoms with E-state index in [4.69, 9.17) is 0 Å². The molecular formula is C24H17NO3. The molecule has 0 aromatic heterocycles.